The summed E-state index contributed by atoms with van der Waals surface area (Å²) in [5.41, 5.74) is 3.41. The van der Waals surface area contributed by atoms with Crippen molar-refractivity contribution in [2.75, 3.05) is 64.6 Å². The van der Waals surface area contributed by atoms with Gasteiger partial charge in [-0.1, -0.05) is 30.7 Å². The van der Waals surface area contributed by atoms with Crippen molar-refractivity contribution in [2.45, 2.75) is 31.1 Å². The van der Waals surface area contributed by atoms with E-state index in [9.17, 15) is 13.2 Å². The molecule has 3 aromatic rings. The Bertz CT molecular complexity index is 1600. The van der Waals surface area contributed by atoms with Gasteiger partial charge in [0.2, 0.25) is 21.9 Å². The number of benzene rings is 2. The fourth-order valence-corrected chi connectivity index (χ4v) is 7.23. The van der Waals surface area contributed by atoms with Gasteiger partial charge in [0.15, 0.2) is 5.82 Å². The minimum atomic E-state index is -3.70. The van der Waals surface area contributed by atoms with Crippen molar-refractivity contribution in [1.29, 1.82) is 0 Å². The van der Waals surface area contributed by atoms with Gasteiger partial charge in [-0.3, -0.25) is 9.69 Å². The third-order valence-corrected chi connectivity index (χ3v) is 10.1. The molecule has 2 N–H and O–H groups in total. The maximum absolute atomic E-state index is 13.5. The number of anilines is 4. The highest BCUT2D eigenvalue weighted by atomic mass is 35.5. The number of rotatable bonds is 9. The molecular formula is C30H38ClN7O4S. The summed E-state index contributed by atoms with van der Waals surface area (Å²) >= 11 is 6.47. The van der Waals surface area contributed by atoms with Crippen LogP contribution in [-0.2, 0) is 27.7 Å². The Hall–Kier alpha value is -3.45. The van der Waals surface area contributed by atoms with Crippen molar-refractivity contribution in [2.24, 2.45) is 5.92 Å². The summed E-state index contributed by atoms with van der Waals surface area (Å²) in [6.45, 7) is 4.98. The van der Waals surface area contributed by atoms with Crippen molar-refractivity contribution in [3.63, 3.8) is 0 Å². The molecule has 11 nitrogen and oxygen atoms in total. The van der Waals surface area contributed by atoms with E-state index < -0.39 is 10.0 Å². The Labute approximate surface area is 258 Å². The average molecular weight is 628 g/mol. The van der Waals surface area contributed by atoms with Gasteiger partial charge in [0, 0.05) is 40.3 Å². The molecule has 0 bridgehead atoms. The molecule has 43 heavy (non-hydrogen) atoms. The third kappa shape index (κ3) is 7.04. The molecule has 0 radical (unpaired) electrons. The van der Waals surface area contributed by atoms with E-state index in [0.29, 0.717) is 42.7 Å². The topological polar surface area (TPSA) is 120 Å². The molecule has 13 heteroatoms. The summed E-state index contributed by atoms with van der Waals surface area (Å²) in [4.78, 5) is 25.2. The number of methoxy groups -OCH3 is 1. The predicted molar refractivity (Wildman–Crippen MR) is 168 cm³/mol. The molecule has 1 aromatic heterocycles. The number of sulfonamides is 1. The summed E-state index contributed by atoms with van der Waals surface area (Å²) < 4.78 is 34.2. The molecule has 2 aromatic carbocycles. The van der Waals surface area contributed by atoms with E-state index in [4.69, 9.17) is 16.3 Å². The first-order valence-corrected chi connectivity index (χ1v) is 16.1. The molecular weight excluding hydrogens is 590 g/mol. The average Bonchev–Trinajstić information content (AvgIpc) is 3.34. The summed E-state index contributed by atoms with van der Waals surface area (Å²) in [5.74, 6) is 1.58. The van der Waals surface area contributed by atoms with Crippen molar-refractivity contribution < 1.29 is 17.9 Å². The molecule has 2 aliphatic rings. The van der Waals surface area contributed by atoms with Crippen LogP contribution in [0, 0.1) is 5.92 Å². The normalized spacial score (nSPS) is 17.7. The number of carbonyl (C=O) groups excluding carboxylic acids is 1. The molecule has 0 saturated carbocycles. The highest BCUT2D eigenvalue weighted by Crippen LogP contribution is 2.35. The lowest BCUT2D eigenvalue weighted by atomic mass is 10.0. The number of halogens is 1. The number of para-hydroxylation sites is 1. The van der Waals surface area contributed by atoms with E-state index >= 15 is 0 Å². The Balaban J connectivity index is 1.37. The van der Waals surface area contributed by atoms with Crippen LogP contribution in [0.4, 0.5) is 23.1 Å². The van der Waals surface area contributed by atoms with Gasteiger partial charge in [0.25, 0.3) is 0 Å². The summed E-state index contributed by atoms with van der Waals surface area (Å²) in [6.07, 6.45) is 3.89. The minimum absolute atomic E-state index is 0.0843. The lowest BCUT2D eigenvalue weighted by Crippen LogP contribution is -2.37. The second kappa shape index (κ2) is 13.0. The first-order chi connectivity index (χ1) is 20.5. The minimum Gasteiger partial charge on any atom is -0.495 e. The number of nitrogens with one attached hydrogen (secondary N) is 2. The Morgan fingerprint density at radius 3 is 2.49 bits per heavy atom. The second-order valence-corrected chi connectivity index (χ2v) is 13.6. The van der Waals surface area contributed by atoms with E-state index in [2.05, 4.69) is 32.4 Å². The maximum atomic E-state index is 13.5. The van der Waals surface area contributed by atoms with Gasteiger partial charge >= 0.3 is 0 Å². The quantitative estimate of drug-likeness (QED) is 0.361. The number of ether oxygens (including phenoxy) is 1. The molecule has 5 rings (SSSR count). The first kappa shape index (κ1) is 31.0. The Morgan fingerprint density at radius 1 is 1.09 bits per heavy atom. The number of fused-ring (bicyclic) bond motifs is 1. The van der Waals surface area contributed by atoms with Crippen LogP contribution in [-0.4, -0.2) is 92.3 Å². The molecule has 1 saturated heterocycles. The molecule has 230 valence electrons. The van der Waals surface area contributed by atoms with Crippen molar-refractivity contribution in [1.82, 2.24) is 24.1 Å². The van der Waals surface area contributed by atoms with E-state index in [1.165, 1.54) is 16.1 Å². The van der Waals surface area contributed by atoms with Crippen LogP contribution >= 0.6 is 11.6 Å². The van der Waals surface area contributed by atoms with Crippen molar-refractivity contribution in [3.8, 4) is 5.75 Å². The van der Waals surface area contributed by atoms with Crippen molar-refractivity contribution >= 4 is 50.7 Å². The van der Waals surface area contributed by atoms with Crippen LogP contribution < -0.4 is 15.4 Å². The van der Waals surface area contributed by atoms with Crippen LogP contribution in [0.3, 0.4) is 0 Å². The molecule has 3 heterocycles. The molecule has 1 amide bonds. The number of nitrogens with zero attached hydrogens (tertiary/aromatic N) is 5. The molecule has 0 spiro atoms. The molecule has 1 fully saturated rings. The van der Waals surface area contributed by atoms with Gasteiger partial charge in [0.1, 0.15) is 15.7 Å². The largest absolute Gasteiger partial charge is 0.495 e. The van der Waals surface area contributed by atoms with Crippen LogP contribution in [0.5, 0.6) is 5.75 Å². The number of hydrogen-bond acceptors (Lipinski definition) is 9. The number of carbonyl (C=O) groups is 1. The molecule has 2 aliphatic heterocycles. The zero-order valence-electron chi connectivity index (χ0n) is 24.9. The number of amides is 1. The SMILES string of the molecule is COc1cc2c(cc1Nc1ncc(Cl)c(Nc3ccccc3S(=O)(=O)N3CCC(C)C3)n1)CCN(CC(=O)N(C)C)CC2. The monoisotopic (exact) mass is 627 g/mol. The summed E-state index contributed by atoms with van der Waals surface area (Å²) in [6, 6.07) is 10.8. The molecule has 1 atom stereocenters. The predicted octanol–water partition coefficient (Wildman–Crippen LogP) is 4.15. The van der Waals surface area contributed by atoms with Gasteiger partial charge in [-0.2, -0.15) is 9.29 Å². The van der Waals surface area contributed by atoms with E-state index in [0.717, 1.165) is 37.9 Å². The van der Waals surface area contributed by atoms with Crippen LogP contribution in [0.1, 0.15) is 24.5 Å². The van der Waals surface area contributed by atoms with E-state index in [-0.39, 0.29) is 27.6 Å². The Morgan fingerprint density at radius 2 is 1.81 bits per heavy atom. The Kier molecular flexibility index (Phi) is 9.40. The highest BCUT2D eigenvalue weighted by molar-refractivity contribution is 7.89. The van der Waals surface area contributed by atoms with Gasteiger partial charge in [-0.15, -0.1) is 0 Å². The maximum Gasteiger partial charge on any atom is 0.245 e. The fraction of sp³-hybridized carbons (Fsp3) is 0.433. The van der Waals surface area contributed by atoms with Crippen LogP contribution in [0.25, 0.3) is 0 Å². The first-order valence-electron chi connectivity index (χ1n) is 14.3. The lowest BCUT2D eigenvalue weighted by molar-refractivity contribution is -0.129. The smallest absolute Gasteiger partial charge is 0.245 e. The van der Waals surface area contributed by atoms with E-state index in [1.54, 1.807) is 50.4 Å². The number of aromatic nitrogens is 2. The lowest BCUT2D eigenvalue weighted by Gasteiger charge is -2.21. The zero-order chi connectivity index (χ0) is 30.7. The number of likely N-dealkylation sites (N-methyl/N-ethyl adjacent to an activating group) is 1. The zero-order valence-corrected chi connectivity index (χ0v) is 26.5. The van der Waals surface area contributed by atoms with Gasteiger partial charge in [-0.05, 0) is 60.6 Å². The summed E-state index contributed by atoms with van der Waals surface area (Å²) in [7, 11) is 1.45. The van der Waals surface area contributed by atoms with Crippen LogP contribution in [0.2, 0.25) is 5.02 Å². The van der Waals surface area contributed by atoms with Gasteiger partial charge in [0.05, 0.1) is 31.2 Å². The fourth-order valence-electron chi connectivity index (χ4n) is 5.37. The number of hydrogen-bond donors (Lipinski definition) is 2. The van der Waals surface area contributed by atoms with Gasteiger partial charge in [-0.25, -0.2) is 13.4 Å². The van der Waals surface area contributed by atoms with E-state index in [1.807, 2.05) is 12.1 Å². The van der Waals surface area contributed by atoms with Gasteiger partial charge < -0.3 is 20.3 Å². The molecule has 0 aliphatic carbocycles. The molecule has 1 unspecified atom stereocenters. The van der Waals surface area contributed by atoms with Crippen LogP contribution in [0.15, 0.2) is 47.5 Å². The standard InChI is InChI=1S/C30H38ClN7O4S/c1-20-9-14-38(18-20)43(40,41)27-8-6-5-7-24(27)33-29-23(31)17-32-30(35-29)34-25-15-21-10-12-37(19-28(39)36(2)3)13-11-22(21)16-26(25)42-4/h5-8,15-17,20H,9-14,18-19H2,1-4H3,(H2,32,33,34,35). The third-order valence-electron chi connectivity index (χ3n) is 7.91. The second-order valence-electron chi connectivity index (χ2n) is 11.3. The highest BCUT2D eigenvalue weighted by Gasteiger charge is 2.32. The van der Waals surface area contributed by atoms with Crippen molar-refractivity contribution in [3.05, 3.63) is 58.7 Å². The summed E-state index contributed by atoms with van der Waals surface area (Å²) in [5, 5.41) is 6.62.